The number of carbonyl (C=O) groups is 2. The molecule has 0 saturated heterocycles. The highest BCUT2D eigenvalue weighted by molar-refractivity contribution is 6.35. The van der Waals surface area contributed by atoms with Crippen molar-refractivity contribution in [3.8, 4) is 11.5 Å². The lowest BCUT2D eigenvalue weighted by atomic mass is 10.2. The van der Waals surface area contributed by atoms with Gasteiger partial charge >= 0.3 is 11.8 Å². The molecular weight excluding hydrogens is 312 g/mol. The van der Waals surface area contributed by atoms with Crippen molar-refractivity contribution in [3.05, 3.63) is 53.9 Å². The first-order chi connectivity index (χ1) is 11.7. The summed E-state index contributed by atoms with van der Waals surface area (Å²) in [5.41, 5.74) is 3.52. The van der Waals surface area contributed by atoms with Gasteiger partial charge in [-0.1, -0.05) is 6.07 Å². The van der Waals surface area contributed by atoms with Crippen LogP contribution < -0.4 is 20.2 Å². The van der Waals surface area contributed by atoms with Gasteiger partial charge in [-0.15, -0.1) is 0 Å². The molecule has 2 N–H and O–H groups in total. The third-order valence-electron chi connectivity index (χ3n) is 3.14. The molecule has 0 aliphatic carbocycles. The molecule has 2 heterocycles. The van der Waals surface area contributed by atoms with Crippen molar-refractivity contribution in [2.75, 3.05) is 6.79 Å². The first-order valence-electron chi connectivity index (χ1n) is 7.13. The highest BCUT2D eigenvalue weighted by atomic mass is 16.7. The Morgan fingerprint density at radius 2 is 2.04 bits per heavy atom. The summed E-state index contributed by atoms with van der Waals surface area (Å²) in [7, 11) is 0. The zero-order valence-corrected chi connectivity index (χ0v) is 12.6. The summed E-state index contributed by atoms with van der Waals surface area (Å²) in [6.07, 6.45) is 3.02. The number of aromatic nitrogens is 1. The number of nitrogens with one attached hydrogen (secondary N) is 2. The monoisotopic (exact) mass is 326 g/mol. The van der Waals surface area contributed by atoms with Gasteiger partial charge in [-0.05, 0) is 35.9 Å². The fourth-order valence-corrected chi connectivity index (χ4v) is 1.96. The van der Waals surface area contributed by atoms with Crippen LogP contribution in [0.5, 0.6) is 11.5 Å². The highest BCUT2D eigenvalue weighted by Crippen LogP contribution is 2.31. The molecule has 0 atom stereocenters. The molecule has 122 valence electrons. The zero-order chi connectivity index (χ0) is 16.8. The zero-order valence-electron chi connectivity index (χ0n) is 12.6. The minimum absolute atomic E-state index is 0.166. The van der Waals surface area contributed by atoms with E-state index in [0.717, 1.165) is 0 Å². The molecule has 8 heteroatoms. The van der Waals surface area contributed by atoms with Crippen LogP contribution in [0.1, 0.15) is 11.3 Å². The Bertz CT molecular complexity index is 777. The molecule has 8 nitrogen and oxygen atoms in total. The van der Waals surface area contributed by atoms with Gasteiger partial charge in [0.15, 0.2) is 11.5 Å². The van der Waals surface area contributed by atoms with Gasteiger partial charge in [0.05, 0.1) is 18.5 Å². The number of fused-ring (bicyclic) bond motifs is 1. The van der Waals surface area contributed by atoms with Gasteiger partial charge in [0.25, 0.3) is 0 Å². The second-order valence-corrected chi connectivity index (χ2v) is 4.82. The molecule has 0 spiro atoms. The minimum atomic E-state index is -0.858. The molecule has 0 saturated carbocycles. The number of hydrogen-bond acceptors (Lipinski definition) is 6. The molecule has 0 unspecified atom stereocenters. The van der Waals surface area contributed by atoms with Gasteiger partial charge in [-0.25, -0.2) is 5.43 Å². The number of rotatable bonds is 4. The first-order valence-corrected chi connectivity index (χ1v) is 7.13. The van der Waals surface area contributed by atoms with Gasteiger partial charge in [0, 0.05) is 6.20 Å². The van der Waals surface area contributed by atoms with Crippen molar-refractivity contribution in [1.82, 2.24) is 15.7 Å². The van der Waals surface area contributed by atoms with Crippen LogP contribution >= 0.6 is 0 Å². The molecule has 1 aromatic heterocycles. The lowest BCUT2D eigenvalue weighted by molar-refractivity contribution is -0.139. The maximum absolute atomic E-state index is 11.7. The average Bonchev–Trinajstić information content (AvgIpc) is 3.08. The molecule has 1 aliphatic rings. The Balaban J connectivity index is 1.48. The van der Waals surface area contributed by atoms with Crippen molar-refractivity contribution in [1.29, 1.82) is 0 Å². The molecular formula is C16H14N4O4. The summed E-state index contributed by atoms with van der Waals surface area (Å²) < 4.78 is 10.4. The van der Waals surface area contributed by atoms with E-state index in [-0.39, 0.29) is 13.3 Å². The number of nitrogens with zero attached hydrogens (tertiary/aromatic N) is 2. The van der Waals surface area contributed by atoms with E-state index in [0.29, 0.717) is 22.8 Å². The molecule has 24 heavy (non-hydrogen) atoms. The fourth-order valence-electron chi connectivity index (χ4n) is 1.96. The van der Waals surface area contributed by atoms with Crippen molar-refractivity contribution in [3.63, 3.8) is 0 Å². The second-order valence-electron chi connectivity index (χ2n) is 4.82. The summed E-state index contributed by atoms with van der Waals surface area (Å²) >= 11 is 0. The Labute approximate surface area is 137 Å². The number of hydrazone groups is 1. The summed E-state index contributed by atoms with van der Waals surface area (Å²) in [5, 5.41) is 6.20. The van der Waals surface area contributed by atoms with Crippen LogP contribution in [0.3, 0.4) is 0 Å². The van der Waals surface area contributed by atoms with Crippen molar-refractivity contribution in [2.45, 2.75) is 6.54 Å². The van der Waals surface area contributed by atoms with E-state index in [1.807, 2.05) is 0 Å². The first kappa shape index (κ1) is 15.5. The van der Waals surface area contributed by atoms with Crippen LogP contribution in [0.4, 0.5) is 0 Å². The van der Waals surface area contributed by atoms with E-state index in [4.69, 9.17) is 9.47 Å². The Hall–Kier alpha value is -3.42. The molecule has 1 aromatic carbocycles. The van der Waals surface area contributed by atoms with Crippen molar-refractivity contribution < 1.29 is 19.1 Å². The number of ether oxygens (including phenoxy) is 2. The highest BCUT2D eigenvalue weighted by Gasteiger charge is 2.13. The third kappa shape index (κ3) is 3.86. The smallest absolute Gasteiger partial charge is 0.329 e. The Morgan fingerprint density at radius 1 is 1.17 bits per heavy atom. The van der Waals surface area contributed by atoms with Gasteiger partial charge in [-0.3, -0.25) is 14.6 Å². The summed E-state index contributed by atoms with van der Waals surface area (Å²) in [6, 6.07) is 10.5. The Morgan fingerprint density at radius 3 is 2.88 bits per heavy atom. The summed E-state index contributed by atoms with van der Waals surface area (Å²) in [6.45, 7) is 0.349. The van der Waals surface area contributed by atoms with Gasteiger partial charge in [-0.2, -0.15) is 5.10 Å². The minimum Gasteiger partial charge on any atom is -0.454 e. The number of benzene rings is 1. The number of amides is 2. The van der Waals surface area contributed by atoms with Gasteiger partial charge in [0.1, 0.15) is 0 Å². The predicted molar refractivity (Wildman–Crippen MR) is 84.4 cm³/mol. The lowest BCUT2D eigenvalue weighted by Crippen LogP contribution is -2.37. The molecule has 2 aromatic rings. The molecule has 0 radical (unpaired) electrons. The maximum atomic E-state index is 11.7. The largest absolute Gasteiger partial charge is 0.454 e. The van der Waals surface area contributed by atoms with Crippen LogP contribution in [0.15, 0.2) is 47.7 Å². The second kappa shape index (κ2) is 7.23. The average molecular weight is 326 g/mol. The third-order valence-corrected chi connectivity index (χ3v) is 3.14. The van der Waals surface area contributed by atoms with E-state index in [2.05, 4.69) is 20.8 Å². The summed E-state index contributed by atoms with van der Waals surface area (Å²) in [4.78, 5) is 27.3. The fraction of sp³-hybridized carbons (Fsp3) is 0.125. The summed E-state index contributed by atoms with van der Waals surface area (Å²) in [5.74, 6) is -0.380. The van der Waals surface area contributed by atoms with Crippen LogP contribution in [-0.4, -0.2) is 29.8 Å². The molecule has 2 amide bonds. The van der Waals surface area contributed by atoms with Crippen LogP contribution in [0, 0.1) is 0 Å². The number of hydrogen-bond donors (Lipinski definition) is 2. The van der Waals surface area contributed by atoms with Crippen LogP contribution in [0.25, 0.3) is 0 Å². The van der Waals surface area contributed by atoms with E-state index < -0.39 is 11.8 Å². The number of carbonyl (C=O) groups excluding carboxylic acids is 2. The van der Waals surface area contributed by atoms with Gasteiger partial charge in [0.2, 0.25) is 6.79 Å². The molecule has 0 fully saturated rings. The molecule has 1 aliphatic heterocycles. The lowest BCUT2D eigenvalue weighted by Gasteiger charge is -2.03. The number of pyridine rings is 1. The topological polar surface area (TPSA) is 102 Å². The predicted octanol–water partition coefficient (Wildman–Crippen LogP) is 0.577. The van der Waals surface area contributed by atoms with E-state index in [9.17, 15) is 9.59 Å². The van der Waals surface area contributed by atoms with E-state index >= 15 is 0 Å². The van der Waals surface area contributed by atoms with E-state index in [1.165, 1.54) is 6.21 Å². The maximum Gasteiger partial charge on any atom is 0.329 e. The van der Waals surface area contributed by atoms with Crippen LogP contribution in [0.2, 0.25) is 0 Å². The van der Waals surface area contributed by atoms with Gasteiger partial charge < -0.3 is 14.8 Å². The molecule has 0 bridgehead atoms. The van der Waals surface area contributed by atoms with E-state index in [1.54, 1.807) is 42.6 Å². The van der Waals surface area contributed by atoms with Crippen molar-refractivity contribution >= 4 is 18.0 Å². The Kier molecular flexibility index (Phi) is 4.66. The van der Waals surface area contributed by atoms with Crippen molar-refractivity contribution in [2.24, 2.45) is 5.10 Å². The SMILES string of the molecule is O=C(NCc1ccccn1)C(=O)NN=Cc1ccc2c(c1)OCO2. The quantitative estimate of drug-likeness (QED) is 0.486. The van der Waals surface area contributed by atoms with Crippen LogP contribution in [-0.2, 0) is 16.1 Å². The molecule has 3 rings (SSSR count). The normalized spacial score (nSPS) is 12.2. The standard InChI is InChI=1S/C16H14N4O4/c21-15(18-9-12-3-1-2-6-17-12)16(22)20-19-8-11-4-5-13-14(7-11)24-10-23-13/h1-8H,9-10H2,(H,18,21)(H,20,22).